The first-order chi connectivity index (χ1) is 9.17. The molecular formula is C14H18BrNO2S. The molecule has 2 rings (SSSR count). The first kappa shape index (κ1) is 14.6. The number of ether oxygens (including phenoxy) is 2. The first-order valence-electron chi connectivity index (χ1n) is 6.47. The Balaban J connectivity index is 2.33. The summed E-state index contributed by atoms with van der Waals surface area (Å²) in [5.74, 6) is 1.46. The van der Waals surface area contributed by atoms with E-state index in [4.69, 9.17) is 21.7 Å². The lowest BCUT2D eigenvalue weighted by atomic mass is 10.2. The van der Waals surface area contributed by atoms with Crippen LogP contribution in [0.15, 0.2) is 16.6 Å². The molecule has 1 aromatic carbocycles. The van der Waals surface area contributed by atoms with Crippen molar-refractivity contribution in [1.82, 2.24) is 4.90 Å². The van der Waals surface area contributed by atoms with Crippen molar-refractivity contribution in [1.29, 1.82) is 0 Å². The molecule has 1 saturated heterocycles. The van der Waals surface area contributed by atoms with E-state index in [0.29, 0.717) is 6.61 Å². The fraction of sp³-hybridized carbons (Fsp3) is 0.500. The molecule has 0 aliphatic carbocycles. The van der Waals surface area contributed by atoms with Gasteiger partial charge in [-0.15, -0.1) is 0 Å². The summed E-state index contributed by atoms with van der Waals surface area (Å²) in [7, 11) is 1.64. The van der Waals surface area contributed by atoms with Crippen LogP contribution in [0, 0.1) is 0 Å². The molecule has 3 nitrogen and oxygen atoms in total. The highest BCUT2D eigenvalue weighted by Gasteiger charge is 2.20. The fourth-order valence-electron chi connectivity index (χ4n) is 2.22. The SMILES string of the molecule is CCOc1cc(C(=S)N2CCCC2)c(Br)cc1OC. The van der Waals surface area contributed by atoms with Gasteiger partial charge < -0.3 is 14.4 Å². The molecule has 0 atom stereocenters. The topological polar surface area (TPSA) is 21.7 Å². The van der Waals surface area contributed by atoms with E-state index in [0.717, 1.165) is 39.6 Å². The van der Waals surface area contributed by atoms with E-state index >= 15 is 0 Å². The molecule has 0 saturated carbocycles. The van der Waals surface area contributed by atoms with Crippen LogP contribution in [0.4, 0.5) is 0 Å². The molecule has 0 bridgehead atoms. The number of hydrogen-bond acceptors (Lipinski definition) is 3. The molecule has 0 spiro atoms. The van der Waals surface area contributed by atoms with Crippen LogP contribution in [-0.4, -0.2) is 36.7 Å². The molecule has 0 unspecified atom stereocenters. The van der Waals surface area contributed by atoms with E-state index in [-0.39, 0.29) is 0 Å². The average Bonchev–Trinajstić information content (AvgIpc) is 2.93. The Morgan fingerprint density at radius 3 is 2.58 bits per heavy atom. The number of hydrogen-bond donors (Lipinski definition) is 0. The zero-order valence-electron chi connectivity index (χ0n) is 11.2. The molecule has 1 fully saturated rings. The summed E-state index contributed by atoms with van der Waals surface area (Å²) < 4.78 is 11.9. The minimum absolute atomic E-state index is 0.605. The zero-order valence-corrected chi connectivity index (χ0v) is 13.6. The van der Waals surface area contributed by atoms with Gasteiger partial charge in [0, 0.05) is 23.1 Å². The van der Waals surface area contributed by atoms with Crippen molar-refractivity contribution in [2.75, 3.05) is 26.8 Å². The Labute approximate surface area is 128 Å². The summed E-state index contributed by atoms with van der Waals surface area (Å²) >= 11 is 9.16. The molecule has 1 heterocycles. The normalized spacial score (nSPS) is 14.6. The first-order valence-corrected chi connectivity index (χ1v) is 7.67. The van der Waals surface area contributed by atoms with E-state index in [1.807, 2.05) is 19.1 Å². The van der Waals surface area contributed by atoms with Gasteiger partial charge >= 0.3 is 0 Å². The number of likely N-dealkylation sites (tertiary alicyclic amines) is 1. The van der Waals surface area contributed by atoms with Crippen LogP contribution >= 0.6 is 28.1 Å². The van der Waals surface area contributed by atoms with Crippen molar-refractivity contribution < 1.29 is 9.47 Å². The zero-order chi connectivity index (χ0) is 13.8. The third-order valence-corrected chi connectivity index (χ3v) is 4.31. The van der Waals surface area contributed by atoms with Crippen LogP contribution in [0.3, 0.4) is 0 Å². The van der Waals surface area contributed by atoms with Gasteiger partial charge in [-0.25, -0.2) is 0 Å². The molecule has 19 heavy (non-hydrogen) atoms. The van der Waals surface area contributed by atoms with Gasteiger partial charge in [0.2, 0.25) is 0 Å². The summed E-state index contributed by atoms with van der Waals surface area (Å²) in [6.45, 7) is 4.65. The fourth-order valence-corrected chi connectivity index (χ4v) is 3.21. The molecule has 0 radical (unpaired) electrons. The van der Waals surface area contributed by atoms with E-state index in [9.17, 15) is 0 Å². The third kappa shape index (κ3) is 3.20. The highest BCUT2D eigenvalue weighted by molar-refractivity contribution is 9.10. The highest BCUT2D eigenvalue weighted by atomic mass is 79.9. The van der Waals surface area contributed by atoms with Gasteiger partial charge in [0.25, 0.3) is 0 Å². The van der Waals surface area contributed by atoms with E-state index in [1.165, 1.54) is 12.8 Å². The standard InChI is InChI=1S/C14H18BrNO2S/c1-3-18-13-8-10(11(15)9-12(13)17-2)14(19)16-6-4-5-7-16/h8-9H,3-7H2,1-2H3. The number of thiocarbonyl (C=S) groups is 1. The van der Waals surface area contributed by atoms with Crippen LogP contribution in [0.2, 0.25) is 0 Å². The number of benzene rings is 1. The van der Waals surface area contributed by atoms with Crippen molar-refractivity contribution in [2.45, 2.75) is 19.8 Å². The van der Waals surface area contributed by atoms with Crippen molar-refractivity contribution >= 4 is 33.1 Å². The summed E-state index contributed by atoms with van der Waals surface area (Å²) in [5, 5.41) is 0. The second-order valence-electron chi connectivity index (χ2n) is 4.42. The Kier molecular flexibility index (Phi) is 5.05. The van der Waals surface area contributed by atoms with Gasteiger partial charge in [-0.1, -0.05) is 12.2 Å². The van der Waals surface area contributed by atoms with Gasteiger partial charge in [-0.05, 0) is 47.8 Å². The van der Waals surface area contributed by atoms with Gasteiger partial charge in [-0.3, -0.25) is 0 Å². The summed E-state index contributed by atoms with van der Waals surface area (Å²) in [4.78, 5) is 3.13. The average molecular weight is 344 g/mol. The summed E-state index contributed by atoms with van der Waals surface area (Å²) in [6.07, 6.45) is 2.43. The monoisotopic (exact) mass is 343 g/mol. The van der Waals surface area contributed by atoms with Gasteiger partial charge in [0.05, 0.1) is 13.7 Å². The Morgan fingerprint density at radius 1 is 1.32 bits per heavy atom. The molecule has 1 aliphatic rings. The van der Waals surface area contributed by atoms with Crippen LogP contribution in [0.5, 0.6) is 11.5 Å². The van der Waals surface area contributed by atoms with Gasteiger partial charge in [-0.2, -0.15) is 0 Å². The summed E-state index contributed by atoms with van der Waals surface area (Å²) in [5.41, 5.74) is 1.00. The molecule has 0 N–H and O–H groups in total. The predicted octanol–water partition coefficient (Wildman–Crippen LogP) is 3.63. The minimum Gasteiger partial charge on any atom is -0.493 e. The van der Waals surface area contributed by atoms with Crippen molar-refractivity contribution in [2.24, 2.45) is 0 Å². The number of rotatable bonds is 4. The Morgan fingerprint density at radius 2 is 2.00 bits per heavy atom. The van der Waals surface area contributed by atoms with Crippen LogP contribution in [0.1, 0.15) is 25.3 Å². The smallest absolute Gasteiger partial charge is 0.161 e. The number of halogens is 1. The molecule has 1 aromatic rings. The number of methoxy groups -OCH3 is 1. The van der Waals surface area contributed by atoms with E-state index in [2.05, 4.69) is 20.8 Å². The maximum atomic E-state index is 5.61. The Hall–Kier alpha value is -0.810. The van der Waals surface area contributed by atoms with Gasteiger partial charge in [0.15, 0.2) is 11.5 Å². The van der Waals surface area contributed by atoms with Crippen LogP contribution in [0.25, 0.3) is 0 Å². The van der Waals surface area contributed by atoms with Crippen LogP contribution in [-0.2, 0) is 0 Å². The molecular weight excluding hydrogens is 326 g/mol. The third-order valence-electron chi connectivity index (χ3n) is 3.18. The molecule has 5 heteroatoms. The lowest BCUT2D eigenvalue weighted by Gasteiger charge is -2.21. The van der Waals surface area contributed by atoms with Crippen molar-refractivity contribution in [3.8, 4) is 11.5 Å². The highest BCUT2D eigenvalue weighted by Crippen LogP contribution is 2.34. The molecule has 1 aliphatic heterocycles. The lowest BCUT2D eigenvalue weighted by molar-refractivity contribution is 0.310. The second-order valence-corrected chi connectivity index (χ2v) is 5.66. The van der Waals surface area contributed by atoms with E-state index in [1.54, 1.807) is 7.11 Å². The van der Waals surface area contributed by atoms with E-state index < -0.39 is 0 Å². The molecule has 0 amide bonds. The quantitative estimate of drug-likeness (QED) is 0.778. The predicted molar refractivity (Wildman–Crippen MR) is 84.4 cm³/mol. The maximum absolute atomic E-state index is 5.61. The van der Waals surface area contributed by atoms with Crippen molar-refractivity contribution in [3.05, 3.63) is 22.2 Å². The van der Waals surface area contributed by atoms with Gasteiger partial charge in [0.1, 0.15) is 4.99 Å². The Bertz CT molecular complexity index is 473. The van der Waals surface area contributed by atoms with Crippen LogP contribution < -0.4 is 9.47 Å². The maximum Gasteiger partial charge on any atom is 0.161 e. The van der Waals surface area contributed by atoms with Crippen molar-refractivity contribution in [3.63, 3.8) is 0 Å². The molecule has 0 aromatic heterocycles. The lowest BCUT2D eigenvalue weighted by Crippen LogP contribution is -2.27. The molecule has 104 valence electrons. The largest absolute Gasteiger partial charge is 0.493 e. The summed E-state index contributed by atoms with van der Waals surface area (Å²) in [6, 6.07) is 3.88. The number of nitrogens with zero attached hydrogens (tertiary/aromatic N) is 1. The minimum atomic E-state index is 0.605. The second kappa shape index (κ2) is 6.57.